The lowest BCUT2D eigenvalue weighted by Gasteiger charge is -2.21. The Morgan fingerprint density at radius 1 is 1.60 bits per heavy atom. The van der Waals surface area contributed by atoms with Gasteiger partial charge in [-0.05, 0) is 0 Å². The molecule has 86 valence electrons. The minimum atomic E-state index is -2.87. The Kier molecular flexibility index (Phi) is 3.89. The summed E-state index contributed by atoms with van der Waals surface area (Å²) in [5, 5.41) is 8.23. The first-order valence-corrected chi connectivity index (χ1v) is 7.07. The normalized spacial score (nSPS) is 32.3. The van der Waals surface area contributed by atoms with Crippen LogP contribution in [0.4, 0.5) is 0 Å². The van der Waals surface area contributed by atoms with Crippen LogP contribution >= 0.6 is 28.7 Å². The van der Waals surface area contributed by atoms with Crippen molar-refractivity contribution in [2.75, 3.05) is 18.1 Å². The smallest absolute Gasteiger partial charge is 0.157 e. The van der Waals surface area contributed by atoms with Gasteiger partial charge in [0.05, 0.1) is 17.5 Å². The molecule has 2 fully saturated rings. The zero-order valence-corrected chi connectivity index (χ0v) is 11.4. The molecule has 0 aromatic heterocycles. The van der Waals surface area contributed by atoms with Crippen LogP contribution in [-0.2, 0) is 9.84 Å². The number of fused-ring (bicyclic) bond motifs is 1. The van der Waals surface area contributed by atoms with Gasteiger partial charge >= 0.3 is 0 Å². The first-order valence-electron chi connectivity index (χ1n) is 4.36. The Bertz CT molecular complexity index is 382. The monoisotopic (exact) mass is 312 g/mol. The van der Waals surface area contributed by atoms with Crippen LogP contribution in [-0.4, -0.2) is 47.8 Å². The van der Waals surface area contributed by atoms with Gasteiger partial charge in [0, 0.05) is 11.8 Å². The molecular weight excluding hydrogens is 300 g/mol. The van der Waals surface area contributed by atoms with E-state index in [0.29, 0.717) is 11.7 Å². The second-order valence-electron chi connectivity index (χ2n) is 3.55. The van der Waals surface area contributed by atoms with Gasteiger partial charge < -0.3 is 4.90 Å². The maximum atomic E-state index is 11.4. The molecule has 0 spiro atoms. The molecule has 1 N–H and O–H groups in total. The predicted octanol–water partition coefficient (Wildman–Crippen LogP) is 0.899. The Balaban J connectivity index is 0.00000112. The largest absolute Gasteiger partial charge is 0.343 e. The molecule has 0 bridgehead atoms. The molecule has 0 aliphatic carbocycles. The third-order valence-electron chi connectivity index (χ3n) is 2.52. The van der Waals surface area contributed by atoms with E-state index < -0.39 is 9.84 Å². The van der Waals surface area contributed by atoms with E-state index in [1.807, 2.05) is 4.90 Å². The number of nitrogens with zero attached hydrogens (tertiary/aromatic N) is 1. The highest BCUT2D eigenvalue weighted by atomic mass is 79.9. The van der Waals surface area contributed by atoms with Crippen molar-refractivity contribution in [3.8, 4) is 0 Å². The first-order chi connectivity index (χ1) is 6.53. The van der Waals surface area contributed by atoms with E-state index in [1.54, 1.807) is 6.08 Å². The molecule has 0 aromatic rings. The van der Waals surface area contributed by atoms with Crippen molar-refractivity contribution in [2.24, 2.45) is 0 Å². The summed E-state index contributed by atoms with van der Waals surface area (Å²) in [5.74, 6) is 0.416. The molecular formula is C8H13BrN2O2S2. The third kappa shape index (κ3) is 2.39. The van der Waals surface area contributed by atoms with Crippen molar-refractivity contribution in [2.45, 2.75) is 11.3 Å². The number of nitrogens with one attached hydrogen (secondary N) is 1. The highest BCUT2D eigenvalue weighted by Gasteiger charge is 2.47. The van der Waals surface area contributed by atoms with E-state index in [9.17, 15) is 8.42 Å². The Hall–Kier alpha value is -0.0100. The van der Waals surface area contributed by atoms with Crippen molar-refractivity contribution in [1.82, 2.24) is 4.90 Å². The quantitative estimate of drug-likeness (QED) is 0.770. The van der Waals surface area contributed by atoms with Gasteiger partial charge in [-0.3, -0.25) is 5.41 Å². The van der Waals surface area contributed by atoms with Gasteiger partial charge in [0.2, 0.25) is 0 Å². The zero-order chi connectivity index (χ0) is 10.3. The second-order valence-corrected chi connectivity index (χ2v) is 6.93. The molecule has 0 radical (unpaired) electrons. The molecule has 0 amide bonds. The molecule has 2 heterocycles. The summed E-state index contributed by atoms with van der Waals surface area (Å²) in [6, 6.07) is -0.00417. The van der Waals surface area contributed by atoms with E-state index in [-0.39, 0.29) is 39.8 Å². The van der Waals surface area contributed by atoms with Crippen LogP contribution in [0.25, 0.3) is 0 Å². The van der Waals surface area contributed by atoms with Gasteiger partial charge in [0.15, 0.2) is 15.0 Å². The molecule has 2 atom stereocenters. The van der Waals surface area contributed by atoms with E-state index >= 15 is 0 Å². The minimum absolute atomic E-state index is 0. The number of hydrogen-bond acceptors (Lipinski definition) is 4. The fraction of sp³-hybridized carbons (Fsp3) is 0.625. The molecule has 2 saturated heterocycles. The highest BCUT2D eigenvalue weighted by Crippen LogP contribution is 2.36. The average molecular weight is 313 g/mol. The van der Waals surface area contributed by atoms with Gasteiger partial charge in [-0.25, -0.2) is 8.42 Å². The Morgan fingerprint density at radius 2 is 2.27 bits per heavy atom. The topological polar surface area (TPSA) is 61.2 Å². The maximum absolute atomic E-state index is 11.4. The number of hydrogen-bond donors (Lipinski definition) is 1. The summed E-state index contributed by atoms with van der Waals surface area (Å²) in [4.78, 5) is 1.83. The number of thioether (sulfide) groups is 1. The summed E-state index contributed by atoms with van der Waals surface area (Å²) < 4.78 is 22.7. The standard InChI is InChI=1S/C8H12N2O2S2.BrH/c1-2-3-10-6-4-14(11,12)5-7(6)13-8(10)9;/h2,6-7,9H,1,3-5H2;1H. The molecule has 0 aromatic carbocycles. The van der Waals surface area contributed by atoms with E-state index in [1.165, 1.54) is 11.8 Å². The number of amidine groups is 1. The first kappa shape index (κ1) is 13.1. The van der Waals surface area contributed by atoms with Crippen molar-refractivity contribution < 1.29 is 8.42 Å². The number of sulfone groups is 1. The van der Waals surface area contributed by atoms with Crippen LogP contribution in [0, 0.1) is 5.41 Å². The average Bonchev–Trinajstić information content (AvgIpc) is 2.47. The summed E-state index contributed by atoms with van der Waals surface area (Å²) in [6.45, 7) is 4.18. The molecule has 15 heavy (non-hydrogen) atoms. The van der Waals surface area contributed by atoms with Crippen LogP contribution < -0.4 is 0 Å². The molecule has 2 aliphatic rings. The molecule has 2 unspecified atom stereocenters. The van der Waals surface area contributed by atoms with Crippen molar-refractivity contribution in [1.29, 1.82) is 5.41 Å². The predicted molar refractivity (Wildman–Crippen MR) is 68.8 cm³/mol. The van der Waals surface area contributed by atoms with Crippen molar-refractivity contribution >= 4 is 43.7 Å². The van der Waals surface area contributed by atoms with E-state index in [0.717, 1.165) is 0 Å². The lowest BCUT2D eigenvalue weighted by Crippen LogP contribution is -2.36. The van der Waals surface area contributed by atoms with Gasteiger partial charge in [0.1, 0.15) is 0 Å². The van der Waals surface area contributed by atoms with Crippen LogP contribution in [0.3, 0.4) is 0 Å². The fourth-order valence-corrected chi connectivity index (χ4v) is 5.76. The molecule has 4 nitrogen and oxygen atoms in total. The molecule has 0 saturated carbocycles. The Labute approximate surface area is 104 Å². The van der Waals surface area contributed by atoms with Crippen LogP contribution in [0.2, 0.25) is 0 Å². The highest BCUT2D eigenvalue weighted by molar-refractivity contribution is 8.93. The zero-order valence-electron chi connectivity index (χ0n) is 8.05. The Morgan fingerprint density at radius 3 is 2.87 bits per heavy atom. The summed E-state index contributed by atoms with van der Waals surface area (Å²) in [5.41, 5.74) is 0. The summed E-state index contributed by atoms with van der Waals surface area (Å²) >= 11 is 1.37. The lowest BCUT2D eigenvalue weighted by molar-refractivity contribution is 0.389. The van der Waals surface area contributed by atoms with Gasteiger partial charge in [-0.2, -0.15) is 0 Å². The molecule has 2 rings (SSSR count). The molecule has 2 aliphatic heterocycles. The van der Waals surface area contributed by atoms with Crippen LogP contribution in [0.1, 0.15) is 0 Å². The van der Waals surface area contributed by atoms with Crippen molar-refractivity contribution in [3.63, 3.8) is 0 Å². The van der Waals surface area contributed by atoms with Gasteiger partial charge in [0.25, 0.3) is 0 Å². The van der Waals surface area contributed by atoms with Crippen LogP contribution in [0.15, 0.2) is 12.7 Å². The molecule has 7 heteroatoms. The second kappa shape index (κ2) is 4.47. The number of rotatable bonds is 2. The number of halogens is 1. The fourth-order valence-electron chi connectivity index (χ4n) is 1.92. The van der Waals surface area contributed by atoms with Crippen molar-refractivity contribution in [3.05, 3.63) is 12.7 Å². The van der Waals surface area contributed by atoms with Gasteiger partial charge in [-0.1, -0.05) is 17.8 Å². The van der Waals surface area contributed by atoms with E-state index in [2.05, 4.69) is 6.58 Å². The van der Waals surface area contributed by atoms with Gasteiger partial charge in [-0.15, -0.1) is 23.6 Å². The summed E-state index contributed by atoms with van der Waals surface area (Å²) in [6.07, 6.45) is 1.71. The maximum Gasteiger partial charge on any atom is 0.157 e. The third-order valence-corrected chi connectivity index (χ3v) is 5.69. The summed E-state index contributed by atoms with van der Waals surface area (Å²) in [7, 11) is -2.87. The minimum Gasteiger partial charge on any atom is -0.343 e. The lowest BCUT2D eigenvalue weighted by atomic mass is 10.2. The van der Waals surface area contributed by atoms with Crippen LogP contribution in [0.5, 0.6) is 0 Å². The SMILES string of the molecule is Br.C=CCN1C(=N)SC2CS(=O)(=O)CC21. The van der Waals surface area contributed by atoms with E-state index in [4.69, 9.17) is 5.41 Å².